The van der Waals surface area contributed by atoms with Crippen LogP contribution in [0.25, 0.3) is 0 Å². The zero-order valence-electron chi connectivity index (χ0n) is 21.5. The molecule has 0 unspecified atom stereocenters. The molecule has 1 aromatic rings. The fraction of sp³-hybridized carbons (Fsp3) is 0.444. The molecule has 0 saturated carbocycles. The van der Waals surface area contributed by atoms with E-state index < -0.39 is 17.0 Å². The van der Waals surface area contributed by atoms with E-state index in [0.717, 1.165) is 5.69 Å². The molecule has 2 rings (SSSR count). The number of methoxy groups -OCH3 is 2. The van der Waals surface area contributed by atoms with Gasteiger partial charge in [-0.1, -0.05) is 19.9 Å². The minimum atomic E-state index is -0.961. The number of allylic oxidation sites excluding steroid dienone is 3. The van der Waals surface area contributed by atoms with E-state index in [-0.39, 0.29) is 41.4 Å². The number of hydrogen-bond donors (Lipinski definition) is 0. The first kappa shape index (κ1) is 29.5. The van der Waals surface area contributed by atoms with E-state index in [0.29, 0.717) is 30.5 Å². The van der Waals surface area contributed by atoms with Gasteiger partial charge in [0, 0.05) is 66.3 Å². The van der Waals surface area contributed by atoms with E-state index >= 15 is 0 Å². The molecule has 0 atom stereocenters. The van der Waals surface area contributed by atoms with Gasteiger partial charge in [0.1, 0.15) is 0 Å². The summed E-state index contributed by atoms with van der Waals surface area (Å²) in [6.07, 6.45) is 1.71. The number of nitrogens with zero attached hydrogens (tertiary/aromatic N) is 2. The third-order valence-electron chi connectivity index (χ3n) is 6.13. The molecular formula is C27H34Cl2N2O5. The number of benzene rings is 1. The minimum Gasteiger partial charge on any atom is -0.489 e. The summed E-state index contributed by atoms with van der Waals surface area (Å²) < 4.78 is 10.4. The predicted molar refractivity (Wildman–Crippen MR) is 145 cm³/mol. The van der Waals surface area contributed by atoms with E-state index in [1.807, 2.05) is 24.3 Å². The molecule has 1 aliphatic carbocycles. The van der Waals surface area contributed by atoms with Crippen LogP contribution in [0, 0.1) is 5.41 Å². The second-order valence-electron chi connectivity index (χ2n) is 8.97. The van der Waals surface area contributed by atoms with Crippen molar-refractivity contribution in [3.63, 3.8) is 0 Å². The normalized spacial score (nSPS) is 14.2. The molecular weight excluding hydrogens is 503 g/mol. The standard InChI is InChI=1S/C27H34Cl2N2O5/c1-7-8-20-22(24(34)26(36-6)25(35-5)23(20)33)27(2,3)17-21(32)30(4)18-9-11-19(12-10-18)31(15-13-28)16-14-29/h7,9-12H,1,8,13-17H2,2-6H3. The molecule has 0 radical (unpaired) electrons. The molecule has 9 heteroatoms. The van der Waals surface area contributed by atoms with Gasteiger partial charge >= 0.3 is 0 Å². The van der Waals surface area contributed by atoms with Gasteiger partial charge < -0.3 is 19.3 Å². The number of amides is 1. The molecule has 0 aromatic heterocycles. The fourth-order valence-corrected chi connectivity index (χ4v) is 4.73. The van der Waals surface area contributed by atoms with E-state index in [4.69, 9.17) is 32.7 Å². The maximum atomic E-state index is 13.4. The largest absolute Gasteiger partial charge is 0.489 e. The lowest BCUT2D eigenvalue weighted by Gasteiger charge is -2.33. The summed E-state index contributed by atoms with van der Waals surface area (Å²) in [7, 11) is 4.31. The molecule has 0 fully saturated rings. The number of rotatable bonds is 13. The first-order chi connectivity index (χ1) is 17.1. The van der Waals surface area contributed by atoms with Gasteiger partial charge in [0.15, 0.2) is 0 Å². The zero-order chi connectivity index (χ0) is 27.0. The Balaban J connectivity index is 2.33. The first-order valence-corrected chi connectivity index (χ1v) is 12.6. The van der Waals surface area contributed by atoms with Crippen LogP contribution in [0.15, 0.2) is 59.6 Å². The Morgan fingerprint density at radius 1 is 0.972 bits per heavy atom. The van der Waals surface area contributed by atoms with Gasteiger partial charge in [0.25, 0.3) is 0 Å². The highest BCUT2D eigenvalue weighted by atomic mass is 35.5. The van der Waals surface area contributed by atoms with Crippen LogP contribution < -0.4 is 9.80 Å². The quantitative estimate of drug-likeness (QED) is 0.203. The average molecular weight is 537 g/mol. The van der Waals surface area contributed by atoms with Crippen molar-refractivity contribution in [2.45, 2.75) is 26.7 Å². The van der Waals surface area contributed by atoms with E-state index in [9.17, 15) is 14.4 Å². The Labute approximate surface area is 223 Å². The molecule has 1 amide bonds. The first-order valence-electron chi connectivity index (χ1n) is 11.6. The second-order valence-corrected chi connectivity index (χ2v) is 9.72. The van der Waals surface area contributed by atoms with E-state index in [2.05, 4.69) is 11.5 Å². The molecule has 0 bridgehead atoms. The summed E-state index contributed by atoms with van der Waals surface area (Å²) in [6.45, 7) is 8.58. The maximum absolute atomic E-state index is 13.4. The molecule has 7 nitrogen and oxygen atoms in total. The number of carbonyl (C=O) groups excluding carboxylic acids is 3. The van der Waals surface area contributed by atoms with Crippen molar-refractivity contribution < 1.29 is 23.9 Å². The van der Waals surface area contributed by atoms with Crippen molar-refractivity contribution in [1.82, 2.24) is 0 Å². The molecule has 1 aromatic carbocycles. The topological polar surface area (TPSA) is 76.2 Å². The Morgan fingerprint density at radius 3 is 1.94 bits per heavy atom. The summed E-state index contributed by atoms with van der Waals surface area (Å²) in [4.78, 5) is 43.4. The fourth-order valence-electron chi connectivity index (χ4n) is 4.32. The van der Waals surface area contributed by atoms with Crippen LogP contribution in [0.1, 0.15) is 26.7 Å². The number of carbonyl (C=O) groups is 3. The van der Waals surface area contributed by atoms with Crippen LogP contribution in [0.4, 0.5) is 11.4 Å². The van der Waals surface area contributed by atoms with Gasteiger partial charge in [-0.05, 0) is 30.7 Å². The van der Waals surface area contributed by atoms with Crippen molar-refractivity contribution in [2.24, 2.45) is 5.41 Å². The number of anilines is 2. The molecule has 0 aliphatic heterocycles. The van der Waals surface area contributed by atoms with Gasteiger partial charge in [0.05, 0.1) is 14.2 Å². The number of ether oxygens (including phenoxy) is 2. The van der Waals surface area contributed by atoms with Gasteiger partial charge in [-0.15, -0.1) is 29.8 Å². The Hall–Kier alpha value is -2.77. The lowest BCUT2D eigenvalue weighted by molar-refractivity contribution is -0.123. The third-order valence-corrected chi connectivity index (χ3v) is 6.47. The summed E-state index contributed by atoms with van der Waals surface area (Å²) in [6, 6.07) is 7.53. The maximum Gasteiger partial charge on any atom is 0.228 e. The molecule has 1 aliphatic rings. The van der Waals surface area contributed by atoms with Crippen LogP contribution in [-0.4, -0.2) is 63.6 Å². The number of Topliss-reactive ketones (excluding diaryl/α,β-unsaturated/α-hetero) is 2. The number of halogens is 2. The van der Waals surface area contributed by atoms with Crippen LogP contribution in [0.2, 0.25) is 0 Å². The molecule has 0 spiro atoms. The Morgan fingerprint density at radius 2 is 1.47 bits per heavy atom. The van der Waals surface area contributed by atoms with Crippen molar-refractivity contribution in [3.05, 3.63) is 59.6 Å². The smallest absolute Gasteiger partial charge is 0.228 e. The average Bonchev–Trinajstić information content (AvgIpc) is 2.85. The van der Waals surface area contributed by atoms with Gasteiger partial charge in [0.2, 0.25) is 29.0 Å². The van der Waals surface area contributed by atoms with Gasteiger partial charge in [-0.25, -0.2) is 0 Å². The number of alkyl halides is 2. The second kappa shape index (κ2) is 13.0. The van der Waals surface area contributed by atoms with Crippen LogP contribution >= 0.6 is 23.2 Å². The predicted octanol–water partition coefficient (Wildman–Crippen LogP) is 4.88. The number of ketones is 2. The summed E-state index contributed by atoms with van der Waals surface area (Å²) >= 11 is 11.8. The zero-order valence-corrected chi connectivity index (χ0v) is 23.0. The Bertz CT molecular complexity index is 1050. The van der Waals surface area contributed by atoms with Crippen molar-refractivity contribution in [1.29, 1.82) is 0 Å². The summed E-state index contributed by atoms with van der Waals surface area (Å²) in [5.74, 6) is -0.461. The molecule has 0 N–H and O–H groups in total. The third kappa shape index (κ3) is 6.31. The van der Waals surface area contributed by atoms with Gasteiger partial charge in [-0.2, -0.15) is 0 Å². The van der Waals surface area contributed by atoms with Crippen molar-refractivity contribution in [3.8, 4) is 0 Å². The van der Waals surface area contributed by atoms with E-state index in [1.165, 1.54) is 19.1 Å². The minimum absolute atomic E-state index is 0.00974. The highest BCUT2D eigenvalue weighted by Gasteiger charge is 2.43. The molecule has 0 heterocycles. The van der Waals surface area contributed by atoms with Crippen molar-refractivity contribution >= 4 is 52.1 Å². The van der Waals surface area contributed by atoms with Crippen LogP contribution in [0.3, 0.4) is 0 Å². The Kier molecular flexibility index (Phi) is 10.6. The van der Waals surface area contributed by atoms with E-state index in [1.54, 1.807) is 27.0 Å². The highest BCUT2D eigenvalue weighted by Crippen LogP contribution is 2.41. The SMILES string of the molecule is C=CCC1=C(C(C)(C)CC(=O)N(C)c2ccc(N(CCCl)CCCl)cc2)C(=O)C(OC)=C(OC)C1=O. The lowest BCUT2D eigenvalue weighted by Crippen LogP contribution is -2.37. The summed E-state index contributed by atoms with van der Waals surface area (Å²) in [5, 5.41) is 0. The highest BCUT2D eigenvalue weighted by molar-refractivity contribution is 6.24. The molecule has 196 valence electrons. The van der Waals surface area contributed by atoms with Crippen molar-refractivity contribution in [2.75, 3.05) is 55.9 Å². The monoisotopic (exact) mass is 536 g/mol. The summed E-state index contributed by atoms with van der Waals surface area (Å²) in [5.41, 5.74) is 1.19. The lowest BCUT2D eigenvalue weighted by atomic mass is 9.72. The van der Waals surface area contributed by atoms with Crippen LogP contribution in [0.5, 0.6) is 0 Å². The van der Waals surface area contributed by atoms with Gasteiger partial charge in [-0.3, -0.25) is 14.4 Å². The molecule has 36 heavy (non-hydrogen) atoms. The molecule has 0 saturated heterocycles. The number of hydrogen-bond acceptors (Lipinski definition) is 6. The van der Waals surface area contributed by atoms with Crippen LogP contribution in [-0.2, 0) is 23.9 Å².